The Balaban J connectivity index is 1.30. The normalized spacial score (nSPS) is 14.3. The molecule has 1 aromatic heterocycles. The Bertz CT molecular complexity index is 1120. The van der Waals surface area contributed by atoms with E-state index >= 15 is 0 Å². The van der Waals surface area contributed by atoms with Crippen LogP contribution in [-0.4, -0.2) is 65.4 Å². The van der Waals surface area contributed by atoms with Crippen molar-refractivity contribution in [1.82, 2.24) is 14.4 Å². The monoisotopic (exact) mass is 465 g/mol. The zero-order valence-corrected chi connectivity index (χ0v) is 19.7. The third-order valence-corrected chi connectivity index (χ3v) is 6.27. The van der Waals surface area contributed by atoms with Crippen molar-refractivity contribution < 1.29 is 14.3 Å². The molecule has 2 aromatic carbocycles. The van der Waals surface area contributed by atoms with Crippen molar-refractivity contribution in [1.29, 1.82) is 0 Å². The molecule has 1 saturated heterocycles. The quantitative estimate of drug-likeness (QED) is 0.492. The molecule has 0 radical (unpaired) electrons. The van der Waals surface area contributed by atoms with E-state index in [2.05, 4.69) is 9.47 Å². The third-order valence-electron chi connectivity index (χ3n) is 6.01. The molecule has 7 heteroatoms. The van der Waals surface area contributed by atoms with Crippen molar-refractivity contribution in [2.45, 2.75) is 13.8 Å². The molecule has 0 bridgehead atoms. The summed E-state index contributed by atoms with van der Waals surface area (Å²) in [6.07, 6.45) is 0. The first kappa shape index (κ1) is 23.1. The lowest BCUT2D eigenvalue weighted by Crippen LogP contribution is -2.51. The smallest absolute Gasteiger partial charge is 0.260 e. The van der Waals surface area contributed by atoms with Gasteiger partial charge >= 0.3 is 0 Å². The number of hydrogen-bond acceptors (Lipinski definition) is 4. The average Bonchev–Trinajstić information content (AvgIpc) is 3.13. The number of aryl methyl sites for hydroxylation is 1. The number of ether oxygens (including phenoxy) is 1. The maximum atomic E-state index is 13.1. The van der Waals surface area contributed by atoms with Gasteiger partial charge in [0.05, 0.1) is 6.54 Å². The minimum atomic E-state index is -0.0534. The number of hydrogen-bond donors (Lipinski definition) is 0. The number of ketones is 1. The van der Waals surface area contributed by atoms with E-state index < -0.39 is 0 Å². The maximum absolute atomic E-state index is 13.1. The molecule has 0 spiro atoms. The number of carbonyl (C=O) groups excluding carboxylic acids is 2. The molecule has 172 valence electrons. The molecule has 3 aromatic rings. The first-order chi connectivity index (χ1) is 15.9. The number of rotatable bonds is 7. The van der Waals surface area contributed by atoms with Crippen LogP contribution < -0.4 is 4.74 Å². The molecule has 0 atom stereocenters. The molecule has 1 fully saturated rings. The predicted molar refractivity (Wildman–Crippen MR) is 130 cm³/mol. The van der Waals surface area contributed by atoms with E-state index in [1.807, 2.05) is 50.2 Å². The summed E-state index contributed by atoms with van der Waals surface area (Å²) in [7, 11) is 0. The van der Waals surface area contributed by atoms with E-state index in [0.717, 1.165) is 22.6 Å². The van der Waals surface area contributed by atoms with E-state index in [-0.39, 0.29) is 18.3 Å². The van der Waals surface area contributed by atoms with Crippen LogP contribution in [0.3, 0.4) is 0 Å². The molecule has 0 unspecified atom stereocenters. The second-order valence-corrected chi connectivity index (χ2v) is 8.71. The summed E-state index contributed by atoms with van der Waals surface area (Å²) in [4.78, 5) is 29.5. The average molecular weight is 466 g/mol. The largest absolute Gasteiger partial charge is 0.484 e. The van der Waals surface area contributed by atoms with Gasteiger partial charge in [0, 0.05) is 53.8 Å². The van der Waals surface area contributed by atoms with Gasteiger partial charge < -0.3 is 14.2 Å². The number of amides is 1. The molecule has 0 N–H and O–H groups in total. The fraction of sp³-hybridized carbons (Fsp3) is 0.308. The van der Waals surface area contributed by atoms with Gasteiger partial charge in [-0.2, -0.15) is 0 Å². The first-order valence-electron chi connectivity index (χ1n) is 11.1. The summed E-state index contributed by atoms with van der Waals surface area (Å²) in [6, 6.07) is 19.0. The molecule has 6 nitrogen and oxygen atoms in total. The lowest BCUT2D eigenvalue weighted by Gasteiger charge is -2.34. The molecule has 2 heterocycles. The van der Waals surface area contributed by atoms with Crippen molar-refractivity contribution >= 4 is 23.3 Å². The van der Waals surface area contributed by atoms with E-state index in [9.17, 15) is 9.59 Å². The predicted octanol–water partition coefficient (Wildman–Crippen LogP) is 4.15. The Morgan fingerprint density at radius 2 is 1.61 bits per heavy atom. The van der Waals surface area contributed by atoms with Gasteiger partial charge in [0.15, 0.2) is 12.4 Å². The second-order valence-electron chi connectivity index (χ2n) is 8.28. The van der Waals surface area contributed by atoms with Gasteiger partial charge in [0.1, 0.15) is 5.75 Å². The van der Waals surface area contributed by atoms with Gasteiger partial charge in [-0.1, -0.05) is 29.8 Å². The van der Waals surface area contributed by atoms with Crippen LogP contribution in [0.15, 0.2) is 60.7 Å². The Morgan fingerprint density at radius 3 is 2.27 bits per heavy atom. The highest BCUT2D eigenvalue weighted by atomic mass is 35.5. The van der Waals surface area contributed by atoms with Crippen LogP contribution in [0.4, 0.5) is 0 Å². The topological polar surface area (TPSA) is 54.8 Å². The van der Waals surface area contributed by atoms with Crippen LogP contribution in [0, 0.1) is 13.8 Å². The standard InChI is InChI=1S/C26H28ClN3O3/c1-19-16-24(20(2)30(19)22-6-4-3-5-7-22)25(31)17-28-12-14-29(15-13-28)26(32)18-33-23-10-8-21(27)9-11-23/h3-11,16H,12-15,17-18H2,1-2H3. The molecule has 1 aliphatic rings. The van der Waals surface area contributed by atoms with Crippen LogP contribution in [0.5, 0.6) is 5.75 Å². The fourth-order valence-electron chi connectivity index (χ4n) is 4.23. The number of nitrogens with zero attached hydrogens (tertiary/aromatic N) is 3. The second kappa shape index (κ2) is 10.2. The van der Waals surface area contributed by atoms with Gasteiger partial charge in [-0.15, -0.1) is 0 Å². The minimum Gasteiger partial charge on any atom is -0.484 e. The van der Waals surface area contributed by atoms with Crippen molar-refractivity contribution in [2.75, 3.05) is 39.3 Å². The number of piperazine rings is 1. The fourth-order valence-corrected chi connectivity index (χ4v) is 4.36. The Labute approximate surface area is 199 Å². The lowest BCUT2D eigenvalue weighted by atomic mass is 10.1. The van der Waals surface area contributed by atoms with Gasteiger partial charge in [0.2, 0.25) is 0 Å². The van der Waals surface area contributed by atoms with Crippen molar-refractivity contribution in [3.05, 3.63) is 82.6 Å². The number of para-hydroxylation sites is 1. The maximum Gasteiger partial charge on any atom is 0.260 e. The van der Waals surface area contributed by atoms with E-state index in [1.54, 1.807) is 29.2 Å². The van der Waals surface area contributed by atoms with E-state index in [1.165, 1.54) is 0 Å². The lowest BCUT2D eigenvalue weighted by molar-refractivity contribution is -0.135. The zero-order valence-electron chi connectivity index (χ0n) is 19.0. The molecule has 0 aliphatic carbocycles. The highest BCUT2D eigenvalue weighted by Gasteiger charge is 2.24. The van der Waals surface area contributed by atoms with Gasteiger partial charge in [-0.05, 0) is 56.3 Å². The number of benzene rings is 2. The highest BCUT2D eigenvalue weighted by molar-refractivity contribution is 6.30. The Morgan fingerprint density at radius 1 is 0.939 bits per heavy atom. The zero-order chi connectivity index (χ0) is 23.4. The SMILES string of the molecule is Cc1cc(C(=O)CN2CCN(C(=O)COc3ccc(Cl)cc3)CC2)c(C)n1-c1ccccc1. The first-order valence-corrected chi connectivity index (χ1v) is 11.5. The summed E-state index contributed by atoms with van der Waals surface area (Å²) >= 11 is 5.87. The molecule has 4 rings (SSSR count). The highest BCUT2D eigenvalue weighted by Crippen LogP contribution is 2.21. The van der Waals surface area contributed by atoms with Crippen LogP contribution in [-0.2, 0) is 4.79 Å². The molecule has 0 saturated carbocycles. The van der Waals surface area contributed by atoms with Crippen LogP contribution in [0.1, 0.15) is 21.7 Å². The number of carbonyl (C=O) groups is 2. The van der Waals surface area contributed by atoms with Crippen molar-refractivity contribution in [3.8, 4) is 11.4 Å². The minimum absolute atomic E-state index is 0.00790. The molecular formula is C26H28ClN3O3. The Hall–Kier alpha value is -3.09. The summed E-state index contributed by atoms with van der Waals surface area (Å²) in [5.74, 6) is 0.670. The van der Waals surface area contributed by atoms with Gasteiger partial charge in [-0.3, -0.25) is 14.5 Å². The van der Waals surface area contributed by atoms with Crippen LogP contribution in [0.25, 0.3) is 5.69 Å². The van der Waals surface area contributed by atoms with Crippen molar-refractivity contribution in [2.24, 2.45) is 0 Å². The number of halogens is 1. The van der Waals surface area contributed by atoms with E-state index in [4.69, 9.17) is 16.3 Å². The molecule has 33 heavy (non-hydrogen) atoms. The molecule has 1 amide bonds. The number of Topliss-reactive ketones (excluding diaryl/α,β-unsaturated/α-hetero) is 1. The van der Waals surface area contributed by atoms with Crippen LogP contribution in [0.2, 0.25) is 5.02 Å². The van der Waals surface area contributed by atoms with Gasteiger partial charge in [-0.25, -0.2) is 0 Å². The van der Waals surface area contributed by atoms with Crippen molar-refractivity contribution in [3.63, 3.8) is 0 Å². The molecular weight excluding hydrogens is 438 g/mol. The van der Waals surface area contributed by atoms with Gasteiger partial charge in [0.25, 0.3) is 5.91 Å². The Kier molecular flexibility index (Phi) is 7.16. The molecule has 1 aliphatic heterocycles. The summed E-state index contributed by atoms with van der Waals surface area (Å²) in [5.41, 5.74) is 3.81. The third kappa shape index (κ3) is 5.46. The van der Waals surface area contributed by atoms with Crippen LogP contribution >= 0.6 is 11.6 Å². The summed E-state index contributed by atoms with van der Waals surface area (Å²) in [5, 5.41) is 0.626. The van der Waals surface area contributed by atoms with E-state index in [0.29, 0.717) is 43.5 Å². The summed E-state index contributed by atoms with van der Waals surface area (Å²) in [6.45, 7) is 6.84. The summed E-state index contributed by atoms with van der Waals surface area (Å²) < 4.78 is 7.68. The number of aromatic nitrogens is 1.